The molecule has 0 aliphatic rings. The van der Waals surface area contributed by atoms with E-state index in [0.717, 1.165) is 94.3 Å². The summed E-state index contributed by atoms with van der Waals surface area (Å²) in [6.45, 7) is 8.08. The van der Waals surface area contributed by atoms with Crippen LogP contribution in [0.15, 0.2) is 242 Å². The molecule has 0 N–H and O–H groups in total. The van der Waals surface area contributed by atoms with Crippen LogP contribution in [0.2, 0.25) is 0 Å². The lowest BCUT2D eigenvalue weighted by atomic mass is 9.90. The number of para-hydroxylation sites is 2. The second kappa shape index (κ2) is 15.4. The Morgan fingerprint density at radius 2 is 1.05 bits per heavy atom. The Hall–Kier alpha value is -8.20. The van der Waals surface area contributed by atoms with Gasteiger partial charge in [0.15, 0.2) is 0 Å². The van der Waals surface area contributed by atoms with Gasteiger partial charge in [0.25, 0.3) is 0 Å². The molecule has 0 fully saturated rings. The zero-order valence-corrected chi connectivity index (χ0v) is 34.1. The molecule has 0 spiro atoms. The second-order valence-corrected chi connectivity index (χ2v) is 15.7. The highest BCUT2D eigenvalue weighted by Gasteiger charge is 2.23. The minimum atomic E-state index is 0.880. The third-order valence-corrected chi connectivity index (χ3v) is 12.2. The van der Waals surface area contributed by atoms with Gasteiger partial charge in [-0.1, -0.05) is 201 Å². The van der Waals surface area contributed by atoms with E-state index in [9.17, 15) is 0 Å². The predicted molar refractivity (Wildman–Crippen MR) is 266 cm³/mol. The maximum Gasteiger partial charge on any atom is 0.143 e. The van der Waals surface area contributed by atoms with Crippen LogP contribution in [0.3, 0.4) is 0 Å². The largest absolute Gasteiger partial charge is 0.455 e. The molecule has 0 unspecified atom stereocenters. The number of rotatable bonds is 9. The number of fused-ring (bicyclic) bond motifs is 8. The Morgan fingerprint density at radius 3 is 1.85 bits per heavy atom. The van der Waals surface area contributed by atoms with Gasteiger partial charge in [-0.25, -0.2) is 0 Å². The Morgan fingerprint density at radius 1 is 0.403 bits per heavy atom. The summed E-state index contributed by atoms with van der Waals surface area (Å²) < 4.78 is 6.94. The molecule has 1 aromatic heterocycles. The standard InChI is InChI=1S/C60H41NO/c1-3-17-40(4-2)48-36-33-44(38-56(48)42-18-6-5-7-19-42)41-30-34-46(35-31-41)61(58-39-45-21-9-10-22-47(45)50-24-12-13-25-51(50)58)57-29-15-14-26-52(57)53-27-16-28-54-55-37-32-43-20-8-11-23-49(43)59(55)62-60(53)54/h3-39H,1-2H2/b40-17+. The SMILES string of the molecule is C=C/C=C(\C=C)c1ccc(-c2ccc(N(c3ccccc3-c3cccc4c3oc3c5ccccc5ccc43)c3cc4ccccc4c4ccccc34)cc2)cc1-c1ccccc1. The lowest BCUT2D eigenvalue weighted by molar-refractivity contribution is 0.674. The maximum absolute atomic E-state index is 6.94. The van der Waals surface area contributed by atoms with E-state index in [1.807, 2.05) is 18.2 Å². The summed E-state index contributed by atoms with van der Waals surface area (Å²) in [5.41, 5.74) is 13.8. The topological polar surface area (TPSA) is 16.4 Å². The smallest absolute Gasteiger partial charge is 0.143 e. The highest BCUT2D eigenvalue weighted by molar-refractivity contribution is 6.19. The normalized spacial score (nSPS) is 11.8. The molecule has 0 amide bonds. The van der Waals surface area contributed by atoms with Gasteiger partial charge < -0.3 is 9.32 Å². The summed E-state index contributed by atoms with van der Waals surface area (Å²) in [6.07, 6.45) is 5.74. The van der Waals surface area contributed by atoms with Crippen LogP contribution in [0.4, 0.5) is 17.1 Å². The number of benzene rings is 10. The van der Waals surface area contributed by atoms with E-state index < -0.39 is 0 Å². The fourth-order valence-electron chi connectivity index (χ4n) is 9.29. The molecule has 0 saturated carbocycles. The zero-order valence-electron chi connectivity index (χ0n) is 34.1. The van der Waals surface area contributed by atoms with Crippen molar-refractivity contribution in [2.24, 2.45) is 0 Å². The number of hydrogen-bond acceptors (Lipinski definition) is 2. The Kier molecular flexibility index (Phi) is 9.17. The van der Waals surface area contributed by atoms with Crippen molar-refractivity contribution >= 4 is 76.9 Å². The first-order valence-electron chi connectivity index (χ1n) is 21.1. The van der Waals surface area contributed by atoms with Crippen LogP contribution in [-0.4, -0.2) is 0 Å². The van der Waals surface area contributed by atoms with Gasteiger partial charge in [0, 0.05) is 38.4 Å². The molecule has 10 aromatic carbocycles. The monoisotopic (exact) mass is 791 g/mol. The van der Waals surface area contributed by atoms with Gasteiger partial charge in [-0.3, -0.25) is 0 Å². The van der Waals surface area contributed by atoms with Crippen molar-refractivity contribution < 1.29 is 4.42 Å². The molecular formula is C60H41NO. The summed E-state index contributed by atoms with van der Waals surface area (Å²) in [7, 11) is 0. The first-order valence-corrected chi connectivity index (χ1v) is 21.1. The number of furan rings is 1. The zero-order chi connectivity index (χ0) is 41.6. The quantitative estimate of drug-likeness (QED) is 0.107. The van der Waals surface area contributed by atoms with Gasteiger partial charge in [0.05, 0.1) is 11.4 Å². The van der Waals surface area contributed by atoms with E-state index in [0.29, 0.717) is 0 Å². The lowest BCUT2D eigenvalue weighted by Gasteiger charge is -2.29. The molecule has 0 aliphatic heterocycles. The summed E-state index contributed by atoms with van der Waals surface area (Å²) in [4.78, 5) is 2.43. The molecule has 11 aromatic rings. The van der Waals surface area contributed by atoms with E-state index in [4.69, 9.17) is 4.42 Å². The average molecular weight is 792 g/mol. The molecule has 1 heterocycles. The van der Waals surface area contributed by atoms with Gasteiger partial charge >= 0.3 is 0 Å². The van der Waals surface area contributed by atoms with Crippen LogP contribution in [0, 0.1) is 0 Å². The third kappa shape index (κ3) is 6.20. The minimum Gasteiger partial charge on any atom is -0.455 e. The Bertz CT molecular complexity index is 3550. The van der Waals surface area contributed by atoms with E-state index in [1.165, 1.54) is 21.5 Å². The van der Waals surface area contributed by atoms with Gasteiger partial charge in [-0.15, -0.1) is 0 Å². The van der Waals surface area contributed by atoms with Crippen LogP contribution < -0.4 is 4.90 Å². The molecule has 0 atom stereocenters. The van der Waals surface area contributed by atoms with Crippen molar-refractivity contribution in [1.82, 2.24) is 0 Å². The van der Waals surface area contributed by atoms with Crippen molar-refractivity contribution in [1.29, 1.82) is 0 Å². The highest BCUT2D eigenvalue weighted by Crippen LogP contribution is 2.48. The minimum absolute atomic E-state index is 0.880. The van der Waals surface area contributed by atoms with Crippen molar-refractivity contribution in [2.45, 2.75) is 0 Å². The lowest BCUT2D eigenvalue weighted by Crippen LogP contribution is -2.12. The second-order valence-electron chi connectivity index (χ2n) is 15.7. The van der Waals surface area contributed by atoms with Crippen molar-refractivity contribution in [2.75, 3.05) is 4.90 Å². The predicted octanol–water partition coefficient (Wildman–Crippen LogP) is 17.3. The van der Waals surface area contributed by atoms with E-state index in [-0.39, 0.29) is 0 Å². The number of nitrogens with zero attached hydrogens (tertiary/aromatic N) is 1. The summed E-state index contributed by atoms with van der Waals surface area (Å²) >= 11 is 0. The Balaban J connectivity index is 1.12. The first kappa shape index (κ1) is 36.8. The maximum atomic E-state index is 6.94. The average Bonchev–Trinajstić information content (AvgIpc) is 3.74. The fourth-order valence-corrected chi connectivity index (χ4v) is 9.29. The number of hydrogen-bond donors (Lipinski definition) is 0. The van der Waals surface area contributed by atoms with Crippen LogP contribution in [0.1, 0.15) is 5.56 Å². The number of allylic oxidation sites excluding steroid dienone is 4. The molecule has 0 aliphatic carbocycles. The van der Waals surface area contributed by atoms with Crippen molar-refractivity contribution in [3.05, 3.63) is 243 Å². The fraction of sp³-hybridized carbons (Fsp3) is 0. The third-order valence-electron chi connectivity index (χ3n) is 12.2. The van der Waals surface area contributed by atoms with Crippen LogP contribution in [0.5, 0.6) is 0 Å². The van der Waals surface area contributed by atoms with Gasteiger partial charge in [-0.2, -0.15) is 0 Å². The molecule has 292 valence electrons. The van der Waals surface area contributed by atoms with Crippen LogP contribution in [-0.2, 0) is 0 Å². The molecule has 11 rings (SSSR count). The molecule has 62 heavy (non-hydrogen) atoms. The molecule has 0 bridgehead atoms. The summed E-state index contributed by atoms with van der Waals surface area (Å²) in [6, 6.07) is 74.2. The molecular weight excluding hydrogens is 751 g/mol. The number of anilines is 3. The molecule has 0 saturated heterocycles. The summed E-state index contributed by atoms with van der Waals surface area (Å²) in [5, 5.41) is 9.30. The molecule has 2 nitrogen and oxygen atoms in total. The van der Waals surface area contributed by atoms with Gasteiger partial charge in [-0.05, 0) is 91.3 Å². The Labute approximate surface area is 361 Å². The first-order chi connectivity index (χ1) is 30.7. The molecule has 2 heteroatoms. The van der Waals surface area contributed by atoms with Gasteiger partial charge in [0.1, 0.15) is 11.2 Å². The molecule has 0 radical (unpaired) electrons. The highest BCUT2D eigenvalue weighted by atomic mass is 16.3. The van der Waals surface area contributed by atoms with Crippen LogP contribution in [0.25, 0.3) is 93.2 Å². The van der Waals surface area contributed by atoms with Crippen molar-refractivity contribution in [3.8, 4) is 33.4 Å². The van der Waals surface area contributed by atoms with E-state index >= 15 is 0 Å². The van der Waals surface area contributed by atoms with Crippen molar-refractivity contribution in [3.63, 3.8) is 0 Å². The van der Waals surface area contributed by atoms with E-state index in [1.54, 1.807) is 0 Å². The van der Waals surface area contributed by atoms with E-state index in [2.05, 4.69) is 224 Å². The summed E-state index contributed by atoms with van der Waals surface area (Å²) in [5.74, 6) is 0. The van der Waals surface area contributed by atoms with Gasteiger partial charge in [0.2, 0.25) is 0 Å². The van der Waals surface area contributed by atoms with Crippen LogP contribution >= 0.6 is 0 Å².